The van der Waals surface area contributed by atoms with Gasteiger partial charge in [-0.2, -0.15) is 5.10 Å². The molecule has 2 aromatic heterocycles. The van der Waals surface area contributed by atoms with Crippen LogP contribution in [0.25, 0.3) is 16.8 Å². The Kier molecular flexibility index (Phi) is 10.1. The first-order valence-corrected chi connectivity index (χ1v) is 15.7. The van der Waals surface area contributed by atoms with Gasteiger partial charge in [0, 0.05) is 36.0 Å². The lowest BCUT2D eigenvalue weighted by molar-refractivity contribution is 0.0741. The van der Waals surface area contributed by atoms with E-state index in [0.29, 0.717) is 11.8 Å². The first-order valence-electron chi connectivity index (χ1n) is 15.7. The summed E-state index contributed by atoms with van der Waals surface area (Å²) < 4.78 is 1.99. The number of amides is 1. The van der Waals surface area contributed by atoms with Crippen molar-refractivity contribution in [3.05, 3.63) is 59.3 Å². The number of fused-ring (bicyclic) bond motifs is 1. The fourth-order valence-electron chi connectivity index (χ4n) is 5.65. The van der Waals surface area contributed by atoms with Crippen LogP contribution in [-0.4, -0.2) is 58.0 Å². The molecule has 0 atom stereocenters. The summed E-state index contributed by atoms with van der Waals surface area (Å²) in [5.74, 6) is 1.28. The molecule has 1 fully saturated rings. The summed E-state index contributed by atoms with van der Waals surface area (Å²) in [5, 5.41) is 5.07. The highest BCUT2D eigenvalue weighted by Crippen LogP contribution is 2.31. The Balaban J connectivity index is 1.67. The number of carbonyl (C=O) groups excluding carboxylic acids is 1. The maximum atomic E-state index is 13.8. The predicted molar refractivity (Wildman–Crippen MR) is 168 cm³/mol. The Bertz CT molecular complexity index is 1230. The van der Waals surface area contributed by atoms with Gasteiger partial charge in [-0.15, -0.1) is 0 Å². The zero-order valence-corrected chi connectivity index (χ0v) is 26.2. The summed E-state index contributed by atoms with van der Waals surface area (Å²) in [6.07, 6.45) is 8.72. The van der Waals surface area contributed by atoms with Gasteiger partial charge in [-0.25, -0.2) is 4.52 Å². The fourth-order valence-corrected chi connectivity index (χ4v) is 5.65. The minimum Gasteiger partial charge on any atom is -0.339 e. The third-order valence-electron chi connectivity index (χ3n) is 8.35. The maximum absolute atomic E-state index is 13.8. The molecular weight excluding hydrogens is 492 g/mol. The van der Waals surface area contributed by atoms with E-state index in [2.05, 4.69) is 88.6 Å². The van der Waals surface area contributed by atoms with E-state index in [1.54, 1.807) is 0 Å². The van der Waals surface area contributed by atoms with E-state index in [1.165, 1.54) is 37.1 Å². The van der Waals surface area contributed by atoms with Crippen LogP contribution in [0, 0.1) is 11.8 Å². The molecule has 40 heavy (non-hydrogen) atoms. The van der Waals surface area contributed by atoms with Crippen LogP contribution in [0.15, 0.2) is 42.6 Å². The predicted octanol–water partition coefficient (Wildman–Crippen LogP) is 7.86. The van der Waals surface area contributed by atoms with Gasteiger partial charge in [0.25, 0.3) is 5.91 Å². The highest BCUT2D eigenvalue weighted by atomic mass is 16.2. The second-order valence-corrected chi connectivity index (χ2v) is 13.7. The molecule has 1 aliphatic heterocycles. The summed E-state index contributed by atoms with van der Waals surface area (Å²) in [6, 6.07) is 13.0. The van der Waals surface area contributed by atoms with Crippen molar-refractivity contribution in [3.8, 4) is 11.3 Å². The van der Waals surface area contributed by atoms with Gasteiger partial charge in [0.05, 0.1) is 11.2 Å². The minimum atomic E-state index is 0.113. The van der Waals surface area contributed by atoms with Crippen molar-refractivity contribution < 1.29 is 4.79 Å². The van der Waals surface area contributed by atoms with Gasteiger partial charge in [-0.3, -0.25) is 4.79 Å². The van der Waals surface area contributed by atoms with Gasteiger partial charge in [0.1, 0.15) is 0 Å². The number of hydrogen-bond donors (Lipinski definition) is 0. The minimum absolute atomic E-state index is 0.113. The first-order chi connectivity index (χ1) is 19.0. The molecule has 3 aromatic rings. The zero-order valence-electron chi connectivity index (χ0n) is 26.2. The van der Waals surface area contributed by atoms with Crippen LogP contribution in [0.1, 0.15) is 102 Å². The number of likely N-dealkylation sites (tertiary alicyclic amines) is 1. The number of nitrogens with zero attached hydrogens (tertiary/aromatic N) is 4. The number of aryl methyl sites for hydroxylation is 1. The molecule has 0 unspecified atom stereocenters. The second kappa shape index (κ2) is 13.3. The Morgan fingerprint density at radius 3 is 2.15 bits per heavy atom. The van der Waals surface area contributed by atoms with Crippen molar-refractivity contribution >= 4 is 11.4 Å². The number of pyridine rings is 1. The molecule has 1 amide bonds. The van der Waals surface area contributed by atoms with E-state index in [4.69, 9.17) is 5.10 Å². The smallest absolute Gasteiger partial charge is 0.253 e. The summed E-state index contributed by atoms with van der Waals surface area (Å²) in [6.45, 7) is 20.8. The Hall–Kier alpha value is -2.66. The van der Waals surface area contributed by atoms with Gasteiger partial charge in [-0.1, -0.05) is 72.7 Å². The molecule has 0 radical (unpaired) electrons. The highest BCUT2D eigenvalue weighted by molar-refractivity contribution is 5.95. The monoisotopic (exact) mass is 544 g/mol. The molecule has 4 rings (SSSR count). The topological polar surface area (TPSA) is 40.9 Å². The molecular formula is C35H52N4O. The molecule has 1 aliphatic rings. The van der Waals surface area contributed by atoms with E-state index in [1.807, 2.05) is 16.8 Å². The Labute approximate surface area is 242 Å². The van der Waals surface area contributed by atoms with Gasteiger partial charge in [-0.05, 0) is 93.1 Å². The average Bonchev–Trinajstić information content (AvgIpc) is 3.55. The fraction of sp³-hybridized carbons (Fsp3) is 0.600. The van der Waals surface area contributed by atoms with Crippen molar-refractivity contribution in [2.75, 3.05) is 32.7 Å². The molecule has 3 heterocycles. The maximum Gasteiger partial charge on any atom is 0.253 e. The van der Waals surface area contributed by atoms with Crippen molar-refractivity contribution in [2.45, 2.75) is 92.4 Å². The van der Waals surface area contributed by atoms with Gasteiger partial charge < -0.3 is 9.80 Å². The van der Waals surface area contributed by atoms with Crippen LogP contribution in [0.5, 0.6) is 0 Å². The van der Waals surface area contributed by atoms with Crippen molar-refractivity contribution in [1.29, 1.82) is 0 Å². The van der Waals surface area contributed by atoms with Crippen molar-refractivity contribution in [3.63, 3.8) is 0 Å². The standard InChI is InChI=1S/C35H52N4O/c1-26(2)16-22-38(23-17-27(3)4)34(40)29-18-24-39-32(25-29)31(11-10-21-37-19-8-9-20-37)33(36-39)28-12-14-30(15-13-28)35(5,6)7/h12-15,18,24-27H,8-11,16-17,19-23H2,1-7H3. The van der Waals surface area contributed by atoms with Gasteiger partial charge in [0.2, 0.25) is 0 Å². The van der Waals surface area contributed by atoms with E-state index in [9.17, 15) is 4.79 Å². The van der Waals surface area contributed by atoms with Gasteiger partial charge >= 0.3 is 0 Å². The summed E-state index contributed by atoms with van der Waals surface area (Å²) in [7, 11) is 0. The van der Waals surface area contributed by atoms with Crippen LogP contribution in [0.4, 0.5) is 0 Å². The molecule has 1 saturated heterocycles. The SMILES string of the molecule is CC(C)CCN(CCC(C)C)C(=O)c1ccn2nc(-c3ccc(C(C)(C)C)cc3)c(CCCN3CCCC3)c2c1. The van der Waals surface area contributed by atoms with E-state index >= 15 is 0 Å². The largest absolute Gasteiger partial charge is 0.339 e. The van der Waals surface area contributed by atoms with Crippen molar-refractivity contribution in [2.24, 2.45) is 11.8 Å². The third-order valence-corrected chi connectivity index (χ3v) is 8.35. The summed E-state index contributed by atoms with van der Waals surface area (Å²) in [5.41, 5.74) is 6.73. The first kappa shape index (κ1) is 30.3. The molecule has 1 aromatic carbocycles. The molecule has 0 bridgehead atoms. The normalized spacial score (nSPS) is 14.6. The molecule has 0 N–H and O–H groups in total. The van der Waals surface area contributed by atoms with E-state index in [-0.39, 0.29) is 11.3 Å². The second-order valence-electron chi connectivity index (χ2n) is 13.7. The molecule has 0 spiro atoms. The zero-order chi connectivity index (χ0) is 28.9. The molecule has 218 valence electrons. The lowest BCUT2D eigenvalue weighted by Crippen LogP contribution is -2.34. The number of benzene rings is 1. The molecule has 5 nitrogen and oxygen atoms in total. The number of carbonyl (C=O) groups is 1. The number of aromatic nitrogens is 2. The van der Waals surface area contributed by atoms with Crippen LogP contribution in [-0.2, 0) is 11.8 Å². The highest BCUT2D eigenvalue weighted by Gasteiger charge is 2.21. The lowest BCUT2D eigenvalue weighted by Gasteiger charge is -2.24. The van der Waals surface area contributed by atoms with Crippen LogP contribution < -0.4 is 0 Å². The van der Waals surface area contributed by atoms with Crippen LogP contribution >= 0.6 is 0 Å². The average molecular weight is 545 g/mol. The van der Waals surface area contributed by atoms with E-state index < -0.39 is 0 Å². The van der Waals surface area contributed by atoms with E-state index in [0.717, 1.165) is 67.7 Å². The van der Waals surface area contributed by atoms with Crippen LogP contribution in [0.3, 0.4) is 0 Å². The summed E-state index contributed by atoms with van der Waals surface area (Å²) in [4.78, 5) is 18.5. The molecule has 5 heteroatoms. The van der Waals surface area contributed by atoms with Gasteiger partial charge in [0.15, 0.2) is 0 Å². The van der Waals surface area contributed by atoms with Crippen LogP contribution in [0.2, 0.25) is 0 Å². The third kappa shape index (κ3) is 7.75. The number of rotatable bonds is 12. The molecule has 0 aliphatic carbocycles. The lowest BCUT2D eigenvalue weighted by atomic mass is 9.86. The summed E-state index contributed by atoms with van der Waals surface area (Å²) >= 11 is 0. The Morgan fingerprint density at radius 1 is 0.950 bits per heavy atom. The quantitative estimate of drug-likeness (QED) is 0.233. The number of hydrogen-bond acceptors (Lipinski definition) is 3. The Morgan fingerprint density at radius 2 is 1.57 bits per heavy atom. The van der Waals surface area contributed by atoms with Crippen molar-refractivity contribution in [1.82, 2.24) is 19.4 Å². The molecule has 0 saturated carbocycles.